The molecule has 1 aliphatic rings. The maximum absolute atomic E-state index is 4.55. The van der Waals surface area contributed by atoms with Crippen LogP contribution in [-0.2, 0) is 0 Å². The summed E-state index contributed by atoms with van der Waals surface area (Å²) in [6.45, 7) is 6.00. The fourth-order valence-corrected chi connectivity index (χ4v) is 2.44. The highest BCUT2D eigenvalue weighted by molar-refractivity contribution is 5.41. The third-order valence-electron chi connectivity index (χ3n) is 3.47. The molecule has 1 unspecified atom stereocenters. The smallest absolute Gasteiger partial charge is 0.257 e. The van der Waals surface area contributed by atoms with E-state index in [1.165, 1.54) is 12.8 Å². The molecule has 1 atom stereocenters. The van der Waals surface area contributed by atoms with Gasteiger partial charge in [-0.05, 0) is 32.8 Å². The summed E-state index contributed by atoms with van der Waals surface area (Å²) in [7, 11) is 0. The Kier molecular flexibility index (Phi) is 3.49. The summed E-state index contributed by atoms with van der Waals surface area (Å²) in [5.74, 6) is 1.88. The molecule has 106 valence electrons. The van der Waals surface area contributed by atoms with Crippen molar-refractivity contribution in [3.8, 4) is 5.95 Å². The number of hydrogen-bond donors (Lipinski definition) is 1. The van der Waals surface area contributed by atoms with Gasteiger partial charge < -0.3 is 10.2 Å². The van der Waals surface area contributed by atoms with E-state index in [-0.39, 0.29) is 0 Å². The highest BCUT2D eigenvalue weighted by Gasteiger charge is 2.24. The van der Waals surface area contributed by atoms with E-state index in [2.05, 4.69) is 37.2 Å². The normalized spacial score (nSPS) is 18.5. The summed E-state index contributed by atoms with van der Waals surface area (Å²) in [6.07, 6.45) is 5.91. The first kappa shape index (κ1) is 12.8. The Balaban J connectivity index is 2.00. The van der Waals surface area contributed by atoms with Crippen molar-refractivity contribution < 1.29 is 0 Å². The molecule has 7 heteroatoms. The molecule has 7 nitrogen and oxygen atoms in total. The van der Waals surface area contributed by atoms with E-state index in [0.29, 0.717) is 17.9 Å². The van der Waals surface area contributed by atoms with Crippen LogP contribution in [0.3, 0.4) is 0 Å². The minimum Gasteiger partial charge on any atom is -0.354 e. The minimum absolute atomic E-state index is 0.470. The third kappa shape index (κ3) is 2.43. The first-order valence-electron chi connectivity index (χ1n) is 7.04. The number of aromatic nitrogens is 5. The highest BCUT2D eigenvalue weighted by Crippen LogP contribution is 2.23. The van der Waals surface area contributed by atoms with Crippen LogP contribution >= 0.6 is 0 Å². The van der Waals surface area contributed by atoms with Gasteiger partial charge in [-0.3, -0.25) is 0 Å². The lowest BCUT2D eigenvalue weighted by atomic mass is 10.2. The zero-order chi connectivity index (χ0) is 13.9. The van der Waals surface area contributed by atoms with Crippen LogP contribution in [-0.4, -0.2) is 43.9 Å². The molecule has 0 aromatic carbocycles. The van der Waals surface area contributed by atoms with Crippen molar-refractivity contribution in [2.75, 3.05) is 23.3 Å². The van der Waals surface area contributed by atoms with Crippen molar-refractivity contribution in [3.63, 3.8) is 0 Å². The molecule has 1 fully saturated rings. The van der Waals surface area contributed by atoms with E-state index >= 15 is 0 Å². The molecule has 1 aliphatic heterocycles. The van der Waals surface area contributed by atoms with Crippen LogP contribution < -0.4 is 10.2 Å². The topological polar surface area (TPSA) is 71.8 Å². The standard InChI is InChI=1S/C13H19N7/c1-3-14-11-16-12(19-8-4-6-10(19)2)18-13(17-11)20-9-5-7-15-20/h5,7,9-10H,3-4,6,8H2,1-2H3,(H,14,16,17,18). The van der Waals surface area contributed by atoms with Gasteiger partial charge in [-0.2, -0.15) is 20.1 Å². The number of nitrogens with one attached hydrogen (secondary N) is 1. The number of hydrogen-bond acceptors (Lipinski definition) is 6. The van der Waals surface area contributed by atoms with Gasteiger partial charge in [0.2, 0.25) is 11.9 Å². The van der Waals surface area contributed by atoms with Crippen LogP contribution in [0.1, 0.15) is 26.7 Å². The Labute approximate surface area is 118 Å². The van der Waals surface area contributed by atoms with Crippen molar-refractivity contribution >= 4 is 11.9 Å². The molecule has 0 spiro atoms. The average Bonchev–Trinajstić information content (AvgIpc) is 3.09. The van der Waals surface area contributed by atoms with Crippen molar-refractivity contribution in [2.45, 2.75) is 32.7 Å². The monoisotopic (exact) mass is 273 g/mol. The Hall–Kier alpha value is -2.18. The lowest BCUT2D eigenvalue weighted by Gasteiger charge is -2.21. The Morgan fingerprint density at radius 1 is 1.30 bits per heavy atom. The van der Waals surface area contributed by atoms with Crippen LogP contribution in [0.5, 0.6) is 0 Å². The van der Waals surface area contributed by atoms with E-state index in [4.69, 9.17) is 0 Å². The molecule has 0 radical (unpaired) electrons. The summed E-state index contributed by atoms with van der Waals surface area (Å²) < 4.78 is 1.66. The Morgan fingerprint density at radius 2 is 2.15 bits per heavy atom. The predicted octanol–water partition coefficient (Wildman–Crippen LogP) is 1.48. The molecule has 2 aromatic heterocycles. The van der Waals surface area contributed by atoms with Gasteiger partial charge >= 0.3 is 0 Å². The second-order valence-corrected chi connectivity index (χ2v) is 4.92. The second kappa shape index (κ2) is 5.44. The first-order valence-corrected chi connectivity index (χ1v) is 7.04. The molecule has 1 N–H and O–H groups in total. The SMILES string of the molecule is CCNc1nc(N2CCCC2C)nc(-n2cccn2)n1. The maximum atomic E-state index is 4.55. The van der Waals surface area contributed by atoms with Gasteiger partial charge in [-0.25, -0.2) is 4.68 Å². The lowest BCUT2D eigenvalue weighted by Crippen LogP contribution is -2.29. The van der Waals surface area contributed by atoms with Gasteiger partial charge in [0.05, 0.1) is 0 Å². The largest absolute Gasteiger partial charge is 0.354 e. The van der Waals surface area contributed by atoms with Crippen LogP contribution in [0, 0.1) is 0 Å². The third-order valence-corrected chi connectivity index (χ3v) is 3.47. The van der Waals surface area contributed by atoms with Gasteiger partial charge in [0.1, 0.15) is 0 Å². The van der Waals surface area contributed by atoms with Gasteiger partial charge in [0, 0.05) is 31.5 Å². The zero-order valence-electron chi connectivity index (χ0n) is 11.8. The van der Waals surface area contributed by atoms with E-state index in [1.54, 1.807) is 10.9 Å². The van der Waals surface area contributed by atoms with E-state index in [1.807, 2.05) is 19.2 Å². The quantitative estimate of drug-likeness (QED) is 0.909. The molecule has 0 bridgehead atoms. The molecule has 0 aliphatic carbocycles. The van der Waals surface area contributed by atoms with Crippen molar-refractivity contribution in [1.82, 2.24) is 24.7 Å². The lowest BCUT2D eigenvalue weighted by molar-refractivity contribution is 0.704. The minimum atomic E-state index is 0.470. The fourth-order valence-electron chi connectivity index (χ4n) is 2.44. The molecule has 3 heterocycles. The van der Waals surface area contributed by atoms with Gasteiger partial charge in [-0.15, -0.1) is 0 Å². The molecule has 20 heavy (non-hydrogen) atoms. The van der Waals surface area contributed by atoms with Gasteiger partial charge in [-0.1, -0.05) is 0 Å². The van der Waals surface area contributed by atoms with Crippen LogP contribution in [0.25, 0.3) is 5.95 Å². The summed E-state index contributed by atoms with van der Waals surface area (Å²) >= 11 is 0. The summed E-state index contributed by atoms with van der Waals surface area (Å²) in [6, 6.07) is 2.33. The number of rotatable bonds is 4. The highest BCUT2D eigenvalue weighted by atomic mass is 15.4. The summed E-state index contributed by atoms with van der Waals surface area (Å²) in [5, 5.41) is 7.35. The summed E-state index contributed by atoms with van der Waals surface area (Å²) in [5.41, 5.74) is 0. The molecule has 2 aromatic rings. The Bertz CT molecular complexity index is 566. The number of nitrogens with zero attached hydrogens (tertiary/aromatic N) is 6. The van der Waals surface area contributed by atoms with Crippen LogP contribution in [0.4, 0.5) is 11.9 Å². The molecular weight excluding hydrogens is 254 g/mol. The van der Waals surface area contributed by atoms with E-state index in [0.717, 1.165) is 19.0 Å². The molecule has 0 saturated carbocycles. The molecule has 3 rings (SSSR count). The van der Waals surface area contributed by atoms with Crippen LogP contribution in [0.15, 0.2) is 18.5 Å². The molecule has 0 amide bonds. The Morgan fingerprint density at radius 3 is 2.80 bits per heavy atom. The van der Waals surface area contributed by atoms with Gasteiger partial charge in [0.15, 0.2) is 0 Å². The maximum Gasteiger partial charge on any atom is 0.257 e. The second-order valence-electron chi connectivity index (χ2n) is 4.92. The fraction of sp³-hybridized carbons (Fsp3) is 0.538. The van der Waals surface area contributed by atoms with Crippen molar-refractivity contribution in [3.05, 3.63) is 18.5 Å². The predicted molar refractivity (Wildman–Crippen MR) is 77.2 cm³/mol. The first-order chi connectivity index (χ1) is 9.78. The average molecular weight is 273 g/mol. The van der Waals surface area contributed by atoms with Crippen LogP contribution in [0.2, 0.25) is 0 Å². The van der Waals surface area contributed by atoms with Gasteiger partial charge in [0.25, 0.3) is 5.95 Å². The van der Waals surface area contributed by atoms with Crippen molar-refractivity contribution in [2.24, 2.45) is 0 Å². The zero-order valence-corrected chi connectivity index (χ0v) is 11.8. The van der Waals surface area contributed by atoms with E-state index < -0.39 is 0 Å². The van der Waals surface area contributed by atoms with E-state index in [9.17, 15) is 0 Å². The molecule has 1 saturated heterocycles. The number of anilines is 2. The van der Waals surface area contributed by atoms with Crippen molar-refractivity contribution in [1.29, 1.82) is 0 Å². The summed E-state index contributed by atoms with van der Waals surface area (Å²) in [4.78, 5) is 15.7. The molecular formula is C13H19N7.